The Morgan fingerprint density at radius 1 is 1.31 bits per heavy atom. The molecule has 0 spiro atoms. The fraction of sp³-hybridized carbons (Fsp3) is 0.222. The lowest BCUT2D eigenvalue weighted by Gasteiger charge is -2.03. The van der Waals surface area contributed by atoms with Crippen molar-refractivity contribution in [1.29, 1.82) is 0 Å². The van der Waals surface area contributed by atoms with Crippen LogP contribution in [0.1, 0.15) is 0 Å². The molecule has 4 heteroatoms. The number of rotatable bonds is 3. The van der Waals surface area contributed by atoms with E-state index in [0.717, 1.165) is 10.2 Å². The minimum absolute atomic E-state index is 0.973. The van der Waals surface area contributed by atoms with Crippen molar-refractivity contribution >= 4 is 28.0 Å². The van der Waals surface area contributed by atoms with Crippen LogP contribution in [0.2, 0.25) is 0 Å². The van der Waals surface area contributed by atoms with Crippen LogP contribution in [0, 0.1) is 0 Å². The van der Waals surface area contributed by atoms with E-state index in [1.54, 1.807) is 6.34 Å². The number of anilines is 1. The van der Waals surface area contributed by atoms with Gasteiger partial charge in [-0.25, -0.2) is 0 Å². The molecule has 0 radical (unpaired) electrons. The second kappa shape index (κ2) is 4.87. The van der Waals surface area contributed by atoms with Gasteiger partial charge in [0.25, 0.3) is 0 Å². The lowest BCUT2D eigenvalue weighted by Crippen LogP contribution is -2.08. The Bertz CT molecular complexity index is 279. The van der Waals surface area contributed by atoms with Gasteiger partial charge in [-0.2, -0.15) is 5.10 Å². The van der Waals surface area contributed by atoms with Crippen molar-refractivity contribution < 1.29 is 0 Å². The molecule has 0 saturated heterocycles. The summed E-state index contributed by atoms with van der Waals surface area (Å²) in [5.41, 5.74) is 3.88. The van der Waals surface area contributed by atoms with Gasteiger partial charge >= 0.3 is 0 Å². The predicted molar refractivity (Wildman–Crippen MR) is 59.9 cm³/mol. The van der Waals surface area contributed by atoms with Crippen molar-refractivity contribution in [3.8, 4) is 0 Å². The molecule has 1 N–H and O–H groups in total. The molecule has 0 aromatic heterocycles. The van der Waals surface area contributed by atoms with Crippen molar-refractivity contribution in [2.24, 2.45) is 5.10 Å². The maximum atomic E-state index is 4.01. The Morgan fingerprint density at radius 3 is 2.46 bits per heavy atom. The van der Waals surface area contributed by atoms with E-state index in [1.165, 1.54) is 0 Å². The second-order valence-corrected chi connectivity index (χ2v) is 3.74. The lowest BCUT2D eigenvalue weighted by atomic mass is 10.3. The van der Waals surface area contributed by atoms with Crippen molar-refractivity contribution in [3.05, 3.63) is 28.7 Å². The van der Waals surface area contributed by atoms with E-state index in [0.29, 0.717) is 0 Å². The molecule has 0 aliphatic carbocycles. The second-order valence-electron chi connectivity index (χ2n) is 2.83. The number of hydrogen-bond donors (Lipinski definition) is 1. The Kier molecular flexibility index (Phi) is 3.76. The monoisotopic (exact) mass is 241 g/mol. The summed E-state index contributed by atoms with van der Waals surface area (Å²) in [4.78, 5) is 1.87. The van der Waals surface area contributed by atoms with Gasteiger partial charge in [0.1, 0.15) is 6.34 Å². The Labute approximate surface area is 86.6 Å². The van der Waals surface area contributed by atoms with Gasteiger partial charge in [-0.1, -0.05) is 15.9 Å². The number of nitrogens with zero attached hydrogens (tertiary/aromatic N) is 2. The average molecular weight is 242 g/mol. The van der Waals surface area contributed by atoms with Crippen LogP contribution in [0.25, 0.3) is 0 Å². The van der Waals surface area contributed by atoms with Crippen LogP contribution >= 0.6 is 15.9 Å². The molecule has 1 aromatic carbocycles. The Balaban J connectivity index is 2.50. The molecular weight excluding hydrogens is 230 g/mol. The fourth-order valence-corrected chi connectivity index (χ4v) is 1.01. The van der Waals surface area contributed by atoms with Crippen molar-refractivity contribution in [3.63, 3.8) is 0 Å². The minimum atomic E-state index is 0.973. The molecule has 0 amide bonds. The number of hydrazone groups is 1. The summed E-state index contributed by atoms with van der Waals surface area (Å²) in [5.74, 6) is 0. The zero-order valence-corrected chi connectivity index (χ0v) is 9.25. The van der Waals surface area contributed by atoms with Crippen LogP contribution in [0.5, 0.6) is 0 Å². The van der Waals surface area contributed by atoms with Gasteiger partial charge in [-0.15, -0.1) is 0 Å². The van der Waals surface area contributed by atoms with Crippen molar-refractivity contribution in [1.82, 2.24) is 4.90 Å². The maximum absolute atomic E-state index is 4.01. The molecule has 70 valence electrons. The highest BCUT2D eigenvalue weighted by atomic mass is 79.9. The highest BCUT2D eigenvalue weighted by Crippen LogP contribution is 2.13. The van der Waals surface area contributed by atoms with E-state index < -0.39 is 0 Å². The third-order valence-corrected chi connectivity index (χ3v) is 1.86. The Hall–Kier alpha value is -1.03. The molecule has 3 nitrogen and oxygen atoms in total. The molecule has 0 aliphatic rings. The van der Waals surface area contributed by atoms with E-state index >= 15 is 0 Å². The van der Waals surface area contributed by atoms with Gasteiger partial charge in [0.05, 0.1) is 5.69 Å². The molecule has 13 heavy (non-hydrogen) atoms. The first-order chi connectivity index (χ1) is 6.18. The standard InChI is InChI=1S/C9H12BrN3/c1-13(2)7-11-12-9-5-3-8(10)4-6-9/h3-7,12H,1-2H3/b11-7+. The van der Waals surface area contributed by atoms with E-state index in [2.05, 4.69) is 26.5 Å². The molecule has 0 heterocycles. The number of hydrogen-bond acceptors (Lipinski definition) is 2. The highest BCUT2D eigenvalue weighted by Gasteiger charge is 1.88. The van der Waals surface area contributed by atoms with Crippen LogP contribution in [0.3, 0.4) is 0 Å². The highest BCUT2D eigenvalue weighted by molar-refractivity contribution is 9.10. The quantitative estimate of drug-likeness (QED) is 0.500. The largest absolute Gasteiger partial charge is 0.367 e. The van der Waals surface area contributed by atoms with Crippen LogP contribution in [0.15, 0.2) is 33.8 Å². The number of halogens is 1. The van der Waals surface area contributed by atoms with Gasteiger partial charge in [0.15, 0.2) is 0 Å². The summed E-state index contributed by atoms with van der Waals surface area (Å²) in [6.07, 6.45) is 1.71. The molecule has 0 atom stereocenters. The average Bonchev–Trinajstić information content (AvgIpc) is 2.08. The molecule has 1 aromatic rings. The zero-order valence-electron chi connectivity index (χ0n) is 7.66. The Morgan fingerprint density at radius 2 is 1.92 bits per heavy atom. The van der Waals surface area contributed by atoms with E-state index in [9.17, 15) is 0 Å². The van der Waals surface area contributed by atoms with Gasteiger partial charge in [0, 0.05) is 18.6 Å². The molecule has 0 bridgehead atoms. The third kappa shape index (κ3) is 3.94. The van der Waals surface area contributed by atoms with Gasteiger partial charge in [0.2, 0.25) is 0 Å². The fourth-order valence-electron chi connectivity index (χ4n) is 0.743. The summed E-state index contributed by atoms with van der Waals surface area (Å²) >= 11 is 3.36. The number of benzene rings is 1. The first kappa shape index (κ1) is 10.1. The van der Waals surface area contributed by atoms with E-state index in [4.69, 9.17) is 0 Å². The van der Waals surface area contributed by atoms with Crippen molar-refractivity contribution in [2.75, 3.05) is 19.5 Å². The van der Waals surface area contributed by atoms with Gasteiger partial charge < -0.3 is 4.90 Å². The molecule has 1 rings (SSSR count). The number of nitrogens with one attached hydrogen (secondary N) is 1. The molecule has 0 aliphatic heterocycles. The van der Waals surface area contributed by atoms with Crippen LogP contribution < -0.4 is 5.43 Å². The van der Waals surface area contributed by atoms with Gasteiger partial charge in [-0.3, -0.25) is 5.43 Å². The van der Waals surface area contributed by atoms with Gasteiger partial charge in [-0.05, 0) is 24.3 Å². The first-order valence-corrected chi connectivity index (χ1v) is 4.69. The van der Waals surface area contributed by atoms with Crippen molar-refractivity contribution in [2.45, 2.75) is 0 Å². The summed E-state index contributed by atoms with van der Waals surface area (Å²) in [6, 6.07) is 7.84. The van der Waals surface area contributed by atoms with Crippen LogP contribution in [-0.4, -0.2) is 25.3 Å². The summed E-state index contributed by atoms with van der Waals surface area (Å²) in [7, 11) is 3.85. The molecule has 0 fully saturated rings. The smallest absolute Gasteiger partial charge is 0.111 e. The van der Waals surface area contributed by atoms with Crippen LogP contribution in [-0.2, 0) is 0 Å². The molecule has 0 unspecified atom stereocenters. The van der Waals surface area contributed by atoms with E-state index in [-0.39, 0.29) is 0 Å². The molecule has 0 saturated carbocycles. The lowest BCUT2D eigenvalue weighted by molar-refractivity contribution is 0.641. The SMILES string of the molecule is CN(C)/C=N/Nc1ccc(Br)cc1. The minimum Gasteiger partial charge on any atom is -0.367 e. The zero-order chi connectivity index (χ0) is 9.68. The summed E-state index contributed by atoms with van der Waals surface area (Å²) in [6.45, 7) is 0. The topological polar surface area (TPSA) is 27.6 Å². The summed E-state index contributed by atoms with van der Waals surface area (Å²) < 4.78 is 1.06. The maximum Gasteiger partial charge on any atom is 0.111 e. The molecular formula is C9H12BrN3. The third-order valence-electron chi connectivity index (χ3n) is 1.33. The first-order valence-electron chi connectivity index (χ1n) is 3.89. The normalized spacial score (nSPS) is 10.4. The van der Waals surface area contributed by atoms with E-state index in [1.807, 2.05) is 43.3 Å². The predicted octanol–water partition coefficient (Wildman–Crippen LogP) is 2.37. The summed E-state index contributed by atoms with van der Waals surface area (Å²) in [5, 5.41) is 4.01. The van der Waals surface area contributed by atoms with Crippen LogP contribution in [0.4, 0.5) is 5.69 Å².